The van der Waals surface area contributed by atoms with E-state index in [1.807, 2.05) is 20.8 Å². The fourth-order valence-electron chi connectivity index (χ4n) is 2.08. The van der Waals surface area contributed by atoms with Gasteiger partial charge in [0.05, 0.1) is 6.54 Å². The topological polar surface area (TPSA) is 65.5 Å². The van der Waals surface area contributed by atoms with Crippen molar-refractivity contribution in [3.05, 3.63) is 0 Å². The Bertz CT molecular complexity index is 301. The van der Waals surface area contributed by atoms with Crippen molar-refractivity contribution in [2.75, 3.05) is 13.6 Å². The minimum atomic E-state index is -0.193. The lowest BCUT2D eigenvalue weighted by molar-refractivity contribution is -0.121. The number of carbonyl (C=O) groups excluding carboxylic acids is 1. The van der Waals surface area contributed by atoms with Gasteiger partial charge in [-0.05, 0) is 33.6 Å². The number of aliphatic imine (C=N–C) groups is 1. The lowest BCUT2D eigenvalue weighted by Gasteiger charge is -2.21. The summed E-state index contributed by atoms with van der Waals surface area (Å²) >= 11 is 0. The molecule has 0 aromatic heterocycles. The normalized spacial score (nSPS) is 17.7. The van der Waals surface area contributed by atoms with Gasteiger partial charge in [0.15, 0.2) is 5.96 Å². The van der Waals surface area contributed by atoms with Gasteiger partial charge in [-0.2, -0.15) is 0 Å². The number of hydrogen-bond acceptors (Lipinski definition) is 2. The van der Waals surface area contributed by atoms with E-state index in [2.05, 4.69) is 20.9 Å². The number of nitrogens with zero attached hydrogens (tertiary/aromatic N) is 1. The molecule has 0 spiro atoms. The van der Waals surface area contributed by atoms with Crippen LogP contribution in [0.2, 0.25) is 0 Å². The van der Waals surface area contributed by atoms with Crippen LogP contribution in [-0.4, -0.2) is 37.0 Å². The van der Waals surface area contributed by atoms with Crippen LogP contribution in [0.1, 0.15) is 46.5 Å². The van der Waals surface area contributed by atoms with E-state index in [1.165, 1.54) is 25.7 Å². The number of rotatable bonds is 3. The van der Waals surface area contributed by atoms with Crippen molar-refractivity contribution in [2.24, 2.45) is 4.99 Å². The molecule has 104 valence electrons. The Morgan fingerprint density at radius 2 is 1.89 bits per heavy atom. The van der Waals surface area contributed by atoms with Crippen molar-refractivity contribution in [3.8, 4) is 0 Å². The Morgan fingerprint density at radius 1 is 1.28 bits per heavy atom. The summed E-state index contributed by atoms with van der Waals surface area (Å²) in [6.45, 7) is 6.16. The van der Waals surface area contributed by atoms with Crippen molar-refractivity contribution in [1.82, 2.24) is 16.0 Å². The van der Waals surface area contributed by atoms with E-state index in [4.69, 9.17) is 0 Å². The number of guanidine groups is 1. The van der Waals surface area contributed by atoms with Gasteiger partial charge in [0.2, 0.25) is 5.91 Å². The highest BCUT2D eigenvalue weighted by Crippen LogP contribution is 2.17. The van der Waals surface area contributed by atoms with Gasteiger partial charge in [0, 0.05) is 18.6 Å². The molecule has 0 aromatic carbocycles. The fourth-order valence-corrected chi connectivity index (χ4v) is 2.08. The van der Waals surface area contributed by atoms with E-state index < -0.39 is 0 Å². The summed E-state index contributed by atoms with van der Waals surface area (Å²) in [5.74, 6) is 0.697. The molecule has 1 rings (SSSR count). The van der Waals surface area contributed by atoms with E-state index in [0.717, 1.165) is 0 Å². The molecule has 5 heteroatoms. The first-order valence-electron chi connectivity index (χ1n) is 6.69. The van der Waals surface area contributed by atoms with Crippen molar-refractivity contribution in [3.63, 3.8) is 0 Å². The molecule has 1 aliphatic rings. The maximum Gasteiger partial charge on any atom is 0.239 e. The zero-order valence-electron chi connectivity index (χ0n) is 12.0. The Balaban J connectivity index is 2.29. The van der Waals surface area contributed by atoms with Crippen LogP contribution in [0.15, 0.2) is 4.99 Å². The quantitative estimate of drug-likeness (QED) is 0.520. The third-order valence-electron chi connectivity index (χ3n) is 2.85. The average Bonchev–Trinajstić information content (AvgIpc) is 2.74. The third kappa shape index (κ3) is 5.89. The van der Waals surface area contributed by atoms with Gasteiger partial charge in [-0.15, -0.1) is 0 Å². The summed E-state index contributed by atoms with van der Waals surface area (Å²) in [5.41, 5.74) is -0.193. The minimum absolute atomic E-state index is 0.0168. The zero-order chi connectivity index (χ0) is 13.6. The molecule has 0 heterocycles. The van der Waals surface area contributed by atoms with E-state index >= 15 is 0 Å². The second kappa shape index (κ2) is 6.61. The zero-order valence-corrected chi connectivity index (χ0v) is 12.0. The minimum Gasteiger partial charge on any atom is -0.354 e. The molecule has 0 bridgehead atoms. The van der Waals surface area contributed by atoms with E-state index in [1.54, 1.807) is 7.05 Å². The number of nitrogens with one attached hydrogen (secondary N) is 3. The van der Waals surface area contributed by atoms with E-state index in [-0.39, 0.29) is 18.0 Å². The van der Waals surface area contributed by atoms with E-state index in [9.17, 15) is 4.79 Å². The van der Waals surface area contributed by atoms with Crippen molar-refractivity contribution >= 4 is 11.9 Å². The SMILES string of the molecule is CN=C(NCC(=O)NC(C)(C)C)NC1CCCC1. The summed E-state index contributed by atoms with van der Waals surface area (Å²) in [7, 11) is 1.73. The summed E-state index contributed by atoms with van der Waals surface area (Å²) in [6.07, 6.45) is 4.93. The van der Waals surface area contributed by atoms with E-state index in [0.29, 0.717) is 12.0 Å². The van der Waals surface area contributed by atoms with Gasteiger partial charge in [-0.1, -0.05) is 12.8 Å². The standard InChI is InChI=1S/C13H26N4O/c1-13(2,3)17-11(18)9-15-12(14-4)16-10-7-5-6-8-10/h10H,5-9H2,1-4H3,(H,17,18)(H2,14,15,16). The Morgan fingerprint density at radius 3 is 2.39 bits per heavy atom. The predicted molar refractivity (Wildman–Crippen MR) is 74.6 cm³/mol. The molecule has 0 saturated heterocycles. The highest BCUT2D eigenvalue weighted by atomic mass is 16.2. The lowest BCUT2D eigenvalue weighted by atomic mass is 10.1. The molecule has 1 amide bonds. The second-order valence-corrected chi connectivity index (χ2v) is 5.85. The molecule has 1 fully saturated rings. The first-order valence-corrected chi connectivity index (χ1v) is 6.69. The molecule has 1 aliphatic carbocycles. The van der Waals surface area contributed by atoms with Gasteiger partial charge in [0.1, 0.15) is 0 Å². The molecule has 3 N–H and O–H groups in total. The summed E-state index contributed by atoms with van der Waals surface area (Å²) in [4.78, 5) is 15.8. The van der Waals surface area contributed by atoms with Gasteiger partial charge in [-0.25, -0.2) is 0 Å². The monoisotopic (exact) mass is 254 g/mol. The van der Waals surface area contributed by atoms with Crippen LogP contribution >= 0.6 is 0 Å². The number of carbonyl (C=O) groups is 1. The van der Waals surface area contributed by atoms with Crippen LogP contribution < -0.4 is 16.0 Å². The summed E-state index contributed by atoms with van der Waals surface area (Å²) in [6, 6.07) is 0.502. The molecule has 0 unspecified atom stereocenters. The fraction of sp³-hybridized carbons (Fsp3) is 0.846. The van der Waals surface area contributed by atoms with Crippen LogP contribution in [0, 0.1) is 0 Å². The van der Waals surface area contributed by atoms with Crippen LogP contribution in [0.3, 0.4) is 0 Å². The van der Waals surface area contributed by atoms with Crippen molar-refractivity contribution in [1.29, 1.82) is 0 Å². The van der Waals surface area contributed by atoms with Crippen LogP contribution in [0.4, 0.5) is 0 Å². The average molecular weight is 254 g/mol. The van der Waals surface area contributed by atoms with Crippen LogP contribution in [-0.2, 0) is 4.79 Å². The summed E-state index contributed by atoms with van der Waals surface area (Å²) in [5, 5.41) is 9.30. The highest BCUT2D eigenvalue weighted by molar-refractivity contribution is 5.86. The van der Waals surface area contributed by atoms with Crippen LogP contribution in [0.25, 0.3) is 0 Å². The Hall–Kier alpha value is -1.26. The smallest absolute Gasteiger partial charge is 0.239 e. The third-order valence-corrected chi connectivity index (χ3v) is 2.85. The van der Waals surface area contributed by atoms with Gasteiger partial charge in [0.25, 0.3) is 0 Å². The van der Waals surface area contributed by atoms with Crippen molar-refractivity contribution in [2.45, 2.75) is 58.0 Å². The highest BCUT2D eigenvalue weighted by Gasteiger charge is 2.17. The molecule has 0 aliphatic heterocycles. The molecular weight excluding hydrogens is 228 g/mol. The van der Waals surface area contributed by atoms with Gasteiger partial charge in [-0.3, -0.25) is 9.79 Å². The molecule has 5 nitrogen and oxygen atoms in total. The molecular formula is C13H26N4O. The first-order chi connectivity index (χ1) is 8.40. The van der Waals surface area contributed by atoms with Crippen molar-refractivity contribution < 1.29 is 4.79 Å². The molecule has 0 radical (unpaired) electrons. The van der Waals surface area contributed by atoms with Crippen LogP contribution in [0.5, 0.6) is 0 Å². The maximum absolute atomic E-state index is 11.7. The number of hydrogen-bond donors (Lipinski definition) is 3. The lowest BCUT2D eigenvalue weighted by Crippen LogP contribution is -2.49. The summed E-state index contributed by atoms with van der Waals surface area (Å²) < 4.78 is 0. The molecule has 18 heavy (non-hydrogen) atoms. The Kier molecular flexibility index (Phi) is 5.44. The Labute approximate surface area is 110 Å². The predicted octanol–water partition coefficient (Wildman–Crippen LogP) is 1.01. The molecule has 0 aromatic rings. The second-order valence-electron chi connectivity index (χ2n) is 5.85. The van der Waals surface area contributed by atoms with Gasteiger partial charge < -0.3 is 16.0 Å². The first kappa shape index (κ1) is 14.8. The molecule has 0 atom stereocenters. The van der Waals surface area contributed by atoms with Gasteiger partial charge >= 0.3 is 0 Å². The largest absolute Gasteiger partial charge is 0.354 e. The molecule has 1 saturated carbocycles. The number of amides is 1. The maximum atomic E-state index is 11.7.